The van der Waals surface area contributed by atoms with Gasteiger partial charge in [-0.1, -0.05) is 60.1 Å². The topological polar surface area (TPSA) is 84.9 Å². The van der Waals surface area contributed by atoms with Crippen LogP contribution in [0.2, 0.25) is 5.02 Å². The summed E-state index contributed by atoms with van der Waals surface area (Å²) in [5, 5.41) is 12.7. The average molecular weight is 536 g/mol. The van der Waals surface area contributed by atoms with E-state index in [2.05, 4.69) is 5.32 Å². The maximum absolute atomic E-state index is 14.2. The lowest BCUT2D eigenvalue weighted by molar-refractivity contribution is -0.145. The summed E-state index contributed by atoms with van der Waals surface area (Å²) in [5.41, 5.74) is -0.204. The minimum absolute atomic E-state index is 0.0305. The van der Waals surface area contributed by atoms with Crippen molar-refractivity contribution < 1.29 is 37.3 Å². The number of benzene rings is 3. The highest BCUT2D eigenvalue weighted by molar-refractivity contribution is 6.31. The monoisotopic (exact) mass is 535 g/mol. The Labute approximate surface area is 217 Å². The first kappa shape index (κ1) is 28.0. The van der Waals surface area contributed by atoms with Crippen LogP contribution in [-0.4, -0.2) is 30.7 Å². The third-order valence-electron chi connectivity index (χ3n) is 5.55. The molecule has 0 radical (unpaired) electrons. The quantitative estimate of drug-likeness (QED) is 0.235. The van der Waals surface area contributed by atoms with Crippen molar-refractivity contribution in [1.82, 2.24) is 5.32 Å². The van der Waals surface area contributed by atoms with Crippen LogP contribution >= 0.6 is 11.6 Å². The van der Waals surface area contributed by atoms with Crippen LogP contribution < -0.4 is 10.1 Å². The van der Waals surface area contributed by atoms with Gasteiger partial charge in [0.15, 0.2) is 0 Å². The summed E-state index contributed by atoms with van der Waals surface area (Å²) < 4.78 is 53.0. The van der Waals surface area contributed by atoms with E-state index in [1.807, 2.05) is 0 Å². The Morgan fingerprint density at radius 2 is 1.65 bits per heavy atom. The number of carbonyl (C=O) groups is 2. The number of carboxylic acid groups (broad SMARTS) is 1. The highest BCUT2D eigenvalue weighted by Crippen LogP contribution is 2.45. The first-order valence-electron chi connectivity index (χ1n) is 11.3. The second-order valence-electron chi connectivity index (χ2n) is 8.08. The molecule has 0 aliphatic heterocycles. The van der Waals surface area contributed by atoms with Gasteiger partial charge in [-0.15, -0.1) is 0 Å². The normalized spacial score (nSPS) is 11.3. The van der Waals surface area contributed by atoms with E-state index in [1.165, 1.54) is 19.2 Å². The number of halogens is 4. The molecule has 0 fully saturated rings. The van der Waals surface area contributed by atoms with Gasteiger partial charge in [0.05, 0.1) is 25.5 Å². The number of nitrogens with one attached hydrogen (secondary N) is 1. The molecule has 0 aromatic heterocycles. The van der Waals surface area contributed by atoms with Crippen molar-refractivity contribution in [3.8, 4) is 16.9 Å². The lowest BCUT2D eigenvalue weighted by atomic mass is 9.90. The molecule has 3 aromatic rings. The number of hydrogen-bond acceptors (Lipinski definition) is 5. The molecule has 0 unspecified atom stereocenters. The summed E-state index contributed by atoms with van der Waals surface area (Å²) in [6.07, 6.45) is -5.57. The van der Waals surface area contributed by atoms with Crippen LogP contribution in [0.25, 0.3) is 11.1 Å². The lowest BCUT2D eigenvalue weighted by Gasteiger charge is -2.21. The fourth-order valence-electron chi connectivity index (χ4n) is 3.88. The number of hydrogen-bond donors (Lipinski definition) is 2. The Bertz CT molecular complexity index is 1260. The van der Waals surface area contributed by atoms with Crippen molar-refractivity contribution in [2.24, 2.45) is 0 Å². The predicted molar refractivity (Wildman–Crippen MR) is 132 cm³/mol. The summed E-state index contributed by atoms with van der Waals surface area (Å²) in [7, 11) is 1.25. The Morgan fingerprint density at radius 3 is 2.30 bits per heavy atom. The zero-order valence-corrected chi connectivity index (χ0v) is 20.7. The molecule has 0 aliphatic rings. The van der Waals surface area contributed by atoms with Crippen molar-refractivity contribution >= 4 is 23.5 Å². The van der Waals surface area contributed by atoms with Crippen LogP contribution in [-0.2, 0) is 40.1 Å². The van der Waals surface area contributed by atoms with Crippen molar-refractivity contribution in [3.63, 3.8) is 0 Å². The molecule has 2 N–H and O–H groups in total. The molecule has 196 valence electrons. The highest BCUT2D eigenvalue weighted by atomic mass is 35.5. The highest BCUT2D eigenvalue weighted by Gasteiger charge is 2.38. The van der Waals surface area contributed by atoms with E-state index in [0.717, 1.165) is 6.07 Å². The number of esters is 1. The minimum Gasteiger partial charge on any atom is -0.496 e. The molecular weight excluding hydrogens is 511 g/mol. The fraction of sp³-hybridized carbons (Fsp3) is 0.259. The van der Waals surface area contributed by atoms with Crippen LogP contribution in [0, 0.1) is 0 Å². The smallest absolute Gasteiger partial charge is 0.417 e. The maximum atomic E-state index is 14.2. The van der Waals surface area contributed by atoms with E-state index in [0.29, 0.717) is 16.1 Å². The molecule has 0 aliphatic carbocycles. The summed E-state index contributed by atoms with van der Waals surface area (Å²) in [6.45, 7) is 0.406. The van der Waals surface area contributed by atoms with Crippen molar-refractivity contribution in [1.29, 1.82) is 0 Å². The number of rotatable bonds is 11. The zero-order valence-electron chi connectivity index (χ0n) is 19.9. The van der Waals surface area contributed by atoms with E-state index >= 15 is 0 Å². The Kier molecular flexibility index (Phi) is 9.54. The zero-order chi connectivity index (χ0) is 27.0. The standard InChI is InChI=1S/C27H25ClF3NO5/c1-36-22-11-10-17(14-23(33)34)26(27(29,30)31)25(22)20-8-4-2-6-18(20)15-32-13-12-24(35)37-16-19-7-3-5-9-21(19)28/h2-11,32H,12-16H2,1H3,(H,33,34). The molecule has 0 atom stereocenters. The van der Waals surface area contributed by atoms with Crippen LogP contribution in [0.1, 0.15) is 28.7 Å². The average Bonchev–Trinajstić information content (AvgIpc) is 2.85. The van der Waals surface area contributed by atoms with E-state index in [-0.39, 0.29) is 48.6 Å². The second kappa shape index (κ2) is 12.6. The van der Waals surface area contributed by atoms with Crippen molar-refractivity contribution in [2.45, 2.75) is 32.2 Å². The molecule has 0 spiro atoms. The second-order valence-corrected chi connectivity index (χ2v) is 8.49. The van der Waals surface area contributed by atoms with Gasteiger partial charge < -0.3 is 19.9 Å². The first-order chi connectivity index (χ1) is 17.6. The van der Waals surface area contributed by atoms with Gasteiger partial charge in [-0.2, -0.15) is 13.2 Å². The predicted octanol–water partition coefficient (Wildman–Crippen LogP) is 5.88. The molecule has 0 amide bonds. The Balaban J connectivity index is 1.76. The van der Waals surface area contributed by atoms with Crippen molar-refractivity contribution in [2.75, 3.05) is 13.7 Å². The fourth-order valence-corrected chi connectivity index (χ4v) is 4.07. The van der Waals surface area contributed by atoms with Crippen molar-refractivity contribution in [3.05, 3.63) is 87.9 Å². The summed E-state index contributed by atoms with van der Waals surface area (Å²) in [6, 6.07) is 15.9. The van der Waals surface area contributed by atoms with Gasteiger partial charge in [-0.05, 0) is 28.8 Å². The third kappa shape index (κ3) is 7.47. The van der Waals surface area contributed by atoms with Crippen LogP contribution in [0.5, 0.6) is 5.75 Å². The van der Waals surface area contributed by atoms with E-state index in [1.54, 1.807) is 42.5 Å². The number of alkyl halides is 3. The summed E-state index contributed by atoms with van der Waals surface area (Å²) in [4.78, 5) is 23.3. The van der Waals surface area contributed by atoms with Crippen LogP contribution in [0.3, 0.4) is 0 Å². The largest absolute Gasteiger partial charge is 0.496 e. The number of methoxy groups -OCH3 is 1. The van der Waals surface area contributed by atoms with E-state index in [9.17, 15) is 22.8 Å². The minimum atomic E-state index is -4.82. The van der Waals surface area contributed by atoms with Gasteiger partial charge in [-0.3, -0.25) is 9.59 Å². The van der Waals surface area contributed by atoms with Gasteiger partial charge >= 0.3 is 18.1 Å². The van der Waals surface area contributed by atoms with E-state index < -0.39 is 30.1 Å². The van der Waals surface area contributed by atoms with Gasteiger partial charge in [0.2, 0.25) is 0 Å². The number of ether oxygens (including phenoxy) is 2. The SMILES string of the molecule is COc1ccc(CC(=O)O)c(C(F)(F)F)c1-c1ccccc1CNCCC(=O)OCc1ccccc1Cl. The number of carboxylic acids is 1. The molecule has 6 nitrogen and oxygen atoms in total. The molecule has 0 bridgehead atoms. The van der Waals surface area contributed by atoms with Gasteiger partial charge in [0, 0.05) is 29.2 Å². The maximum Gasteiger partial charge on any atom is 0.417 e. The third-order valence-corrected chi connectivity index (χ3v) is 5.92. The Morgan fingerprint density at radius 1 is 0.973 bits per heavy atom. The first-order valence-corrected chi connectivity index (χ1v) is 11.7. The molecule has 0 heterocycles. The molecule has 3 aromatic carbocycles. The number of carbonyl (C=O) groups excluding carboxylic acids is 1. The van der Waals surface area contributed by atoms with E-state index in [4.69, 9.17) is 26.2 Å². The van der Waals surface area contributed by atoms with Crippen LogP contribution in [0.4, 0.5) is 13.2 Å². The van der Waals surface area contributed by atoms with Gasteiger partial charge in [-0.25, -0.2) is 0 Å². The molecule has 10 heteroatoms. The lowest BCUT2D eigenvalue weighted by Crippen LogP contribution is -2.20. The Hall–Kier alpha value is -3.56. The molecule has 3 rings (SSSR count). The molecular formula is C27H25ClF3NO5. The molecule has 0 saturated heterocycles. The molecule has 0 saturated carbocycles. The summed E-state index contributed by atoms with van der Waals surface area (Å²) >= 11 is 6.05. The van der Waals surface area contributed by atoms with Crippen LogP contribution in [0.15, 0.2) is 60.7 Å². The van der Waals surface area contributed by atoms with Gasteiger partial charge in [0.25, 0.3) is 0 Å². The number of aliphatic carboxylic acids is 1. The van der Waals surface area contributed by atoms with Gasteiger partial charge in [0.1, 0.15) is 12.4 Å². The molecule has 37 heavy (non-hydrogen) atoms. The summed E-state index contributed by atoms with van der Waals surface area (Å²) in [5.74, 6) is -1.86.